The molecule has 1 atom stereocenters. The number of rotatable bonds is 7. The smallest absolute Gasteiger partial charge is 0.255 e. The SMILES string of the molecule is CCN(CC)c1ccc(NC(=O)c2ccc(S(=O)(=O)N3CCCC[C@H]3C)cc2)cc1. The molecule has 30 heavy (non-hydrogen) atoms. The minimum Gasteiger partial charge on any atom is -0.372 e. The van der Waals surface area contributed by atoms with Crippen molar-refractivity contribution in [3.05, 3.63) is 54.1 Å². The molecule has 3 rings (SSSR count). The Balaban J connectivity index is 1.69. The number of piperidine rings is 1. The fraction of sp³-hybridized carbons (Fsp3) is 0.435. The number of anilines is 2. The molecular weight excluding hydrogens is 398 g/mol. The quantitative estimate of drug-likeness (QED) is 0.710. The van der Waals surface area contributed by atoms with Crippen LogP contribution in [0.1, 0.15) is 50.4 Å². The van der Waals surface area contributed by atoms with Crippen LogP contribution in [0.4, 0.5) is 11.4 Å². The van der Waals surface area contributed by atoms with E-state index in [1.54, 1.807) is 16.4 Å². The average molecular weight is 430 g/mol. The van der Waals surface area contributed by atoms with Crippen molar-refractivity contribution in [1.29, 1.82) is 0 Å². The van der Waals surface area contributed by atoms with Gasteiger partial charge in [-0.3, -0.25) is 4.79 Å². The third-order valence-corrected chi connectivity index (χ3v) is 7.75. The molecule has 162 valence electrons. The molecule has 0 unspecified atom stereocenters. The molecule has 1 heterocycles. The number of benzene rings is 2. The highest BCUT2D eigenvalue weighted by atomic mass is 32.2. The van der Waals surface area contributed by atoms with E-state index < -0.39 is 10.0 Å². The fourth-order valence-electron chi connectivity index (χ4n) is 3.89. The summed E-state index contributed by atoms with van der Waals surface area (Å²) in [6, 6.07) is 13.9. The zero-order valence-corrected chi connectivity index (χ0v) is 18.8. The molecule has 7 heteroatoms. The molecule has 0 spiro atoms. The number of hydrogen-bond acceptors (Lipinski definition) is 4. The number of carbonyl (C=O) groups excluding carboxylic acids is 1. The lowest BCUT2D eigenvalue weighted by Crippen LogP contribution is -2.41. The van der Waals surface area contributed by atoms with Crippen LogP contribution in [0, 0.1) is 0 Å². The maximum Gasteiger partial charge on any atom is 0.255 e. The predicted molar refractivity (Wildman–Crippen MR) is 122 cm³/mol. The van der Waals surface area contributed by atoms with E-state index in [-0.39, 0.29) is 16.8 Å². The van der Waals surface area contributed by atoms with Crippen LogP contribution >= 0.6 is 0 Å². The second-order valence-electron chi connectivity index (χ2n) is 7.66. The molecule has 1 aliphatic heterocycles. The Hall–Kier alpha value is -2.38. The summed E-state index contributed by atoms with van der Waals surface area (Å²) in [7, 11) is -3.53. The Kier molecular flexibility index (Phi) is 7.15. The Morgan fingerprint density at radius 1 is 1.03 bits per heavy atom. The standard InChI is InChI=1S/C23H31N3O3S/c1-4-25(5-2)21-13-11-20(12-14-21)24-23(27)19-9-15-22(16-10-19)30(28,29)26-17-7-6-8-18(26)3/h9-16,18H,4-8,17H2,1-3H3,(H,24,27)/t18-/m1/s1. The summed E-state index contributed by atoms with van der Waals surface area (Å²) in [6.45, 7) is 8.56. The van der Waals surface area contributed by atoms with Gasteiger partial charge < -0.3 is 10.2 Å². The van der Waals surface area contributed by atoms with Gasteiger partial charge in [-0.25, -0.2) is 8.42 Å². The highest BCUT2D eigenvalue weighted by Crippen LogP contribution is 2.25. The molecule has 1 amide bonds. The minimum absolute atomic E-state index is 0.00559. The largest absolute Gasteiger partial charge is 0.372 e. The Morgan fingerprint density at radius 2 is 1.67 bits per heavy atom. The minimum atomic E-state index is -3.53. The first-order valence-corrected chi connectivity index (χ1v) is 12.1. The van der Waals surface area contributed by atoms with E-state index >= 15 is 0 Å². The third-order valence-electron chi connectivity index (χ3n) is 5.72. The first-order valence-electron chi connectivity index (χ1n) is 10.6. The van der Waals surface area contributed by atoms with Crippen LogP contribution in [0.3, 0.4) is 0 Å². The number of sulfonamides is 1. The van der Waals surface area contributed by atoms with E-state index in [4.69, 9.17) is 0 Å². The van der Waals surface area contributed by atoms with Crippen molar-refractivity contribution in [2.45, 2.75) is 51.0 Å². The van der Waals surface area contributed by atoms with Gasteiger partial charge in [-0.1, -0.05) is 6.42 Å². The van der Waals surface area contributed by atoms with Gasteiger partial charge in [0.1, 0.15) is 0 Å². The van der Waals surface area contributed by atoms with Crippen molar-refractivity contribution in [2.75, 3.05) is 29.9 Å². The summed E-state index contributed by atoms with van der Waals surface area (Å²) in [6.07, 6.45) is 2.83. The van der Waals surface area contributed by atoms with Gasteiger partial charge in [-0.15, -0.1) is 0 Å². The molecule has 2 aromatic rings. The average Bonchev–Trinajstić information content (AvgIpc) is 2.76. The fourth-order valence-corrected chi connectivity index (χ4v) is 5.59. The summed E-state index contributed by atoms with van der Waals surface area (Å²) in [4.78, 5) is 15.0. The number of nitrogens with zero attached hydrogens (tertiary/aromatic N) is 2. The Labute approximate surface area is 179 Å². The summed E-state index contributed by atoms with van der Waals surface area (Å²) >= 11 is 0. The summed E-state index contributed by atoms with van der Waals surface area (Å²) in [5.41, 5.74) is 2.24. The van der Waals surface area contributed by atoms with Gasteiger partial charge in [0.2, 0.25) is 10.0 Å². The number of nitrogens with one attached hydrogen (secondary N) is 1. The number of hydrogen-bond donors (Lipinski definition) is 1. The van der Waals surface area contributed by atoms with Crippen LogP contribution in [0.15, 0.2) is 53.4 Å². The highest BCUT2D eigenvalue weighted by Gasteiger charge is 2.30. The zero-order valence-electron chi connectivity index (χ0n) is 18.0. The zero-order chi connectivity index (χ0) is 21.7. The lowest BCUT2D eigenvalue weighted by molar-refractivity contribution is 0.102. The molecule has 1 N–H and O–H groups in total. The molecule has 0 bridgehead atoms. The third kappa shape index (κ3) is 4.84. The van der Waals surface area contributed by atoms with Gasteiger partial charge in [0.15, 0.2) is 0 Å². The maximum atomic E-state index is 12.9. The van der Waals surface area contributed by atoms with E-state index in [9.17, 15) is 13.2 Å². The van der Waals surface area contributed by atoms with E-state index in [1.807, 2.05) is 31.2 Å². The normalized spacial score (nSPS) is 17.5. The van der Waals surface area contributed by atoms with Crippen molar-refractivity contribution in [3.63, 3.8) is 0 Å². The van der Waals surface area contributed by atoms with Crippen LogP contribution in [0.25, 0.3) is 0 Å². The molecule has 6 nitrogen and oxygen atoms in total. The van der Waals surface area contributed by atoms with Gasteiger partial charge >= 0.3 is 0 Å². The molecule has 0 radical (unpaired) electrons. The first-order chi connectivity index (χ1) is 14.4. The highest BCUT2D eigenvalue weighted by molar-refractivity contribution is 7.89. The molecule has 2 aromatic carbocycles. The first kappa shape index (κ1) is 22.3. The summed E-state index contributed by atoms with van der Waals surface area (Å²) < 4.78 is 27.4. The van der Waals surface area contributed by atoms with Gasteiger partial charge in [-0.05, 0) is 82.1 Å². The van der Waals surface area contributed by atoms with Crippen molar-refractivity contribution in [2.24, 2.45) is 0 Å². The van der Waals surface area contributed by atoms with E-state index in [0.717, 1.165) is 38.0 Å². The lowest BCUT2D eigenvalue weighted by atomic mass is 10.1. The molecule has 1 aliphatic rings. The molecule has 0 aromatic heterocycles. The summed E-state index contributed by atoms with van der Waals surface area (Å²) in [5, 5.41) is 2.87. The predicted octanol–water partition coefficient (Wildman–Crippen LogP) is 4.35. The van der Waals surface area contributed by atoms with Crippen molar-refractivity contribution < 1.29 is 13.2 Å². The van der Waals surface area contributed by atoms with Crippen molar-refractivity contribution in [3.8, 4) is 0 Å². The van der Waals surface area contributed by atoms with Crippen LogP contribution in [-0.4, -0.2) is 44.3 Å². The lowest BCUT2D eigenvalue weighted by Gasteiger charge is -2.32. The second kappa shape index (κ2) is 9.62. The Morgan fingerprint density at radius 3 is 2.23 bits per heavy atom. The molecule has 1 fully saturated rings. The molecule has 0 saturated carbocycles. The van der Waals surface area contributed by atoms with Gasteiger partial charge in [-0.2, -0.15) is 4.31 Å². The van der Waals surface area contributed by atoms with Crippen LogP contribution in [-0.2, 0) is 10.0 Å². The van der Waals surface area contributed by atoms with Gasteiger partial charge in [0, 0.05) is 42.6 Å². The van der Waals surface area contributed by atoms with E-state index in [0.29, 0.717) is 17.8 Å². The van der Waals surface area contributed by atoms with Crippen LogP contribution in [0.5, 0.6) is 0 Å². The topological polar surface area (TPSA) is 69.7 Å². The molecular formula is C23H31N3O3S. The Bertz CT molecular complexity index is 952. The second-order valence-corrected chi connectivity index (χ2v) is 9.55. The van der Waals surface area contributed by atoms with Gasteiger partial charge in [0.05, 0.1) is 4.90 Å². The van der Waals surface area contributed by atoms with Crippen LogP contribution < -0.4 is 10.2 Å². The monoisotopic (exact) mass is 429 g/mol. The van der Waals surface area contributed by atoms with E-state index in [1.165, 1.54) is 12.1 Å². The number of carbonyl (C=O) groups is 1. The number of amides is 1. The van der Waals surface area contributed by atoms with Crippen LogP contribution in [0.2, 0.25) is 0 Å². The van der Waals surface area contributed by atoms with Crippen molar-refractivity contribution in [1.82, 2.24) is 4.31 Å². The maximum absolute atomic E-state index is 12.9. The molecule has 0 aliphatic carbocycles. The molecule has 1 saturated heterocycles. The van der Waals surface area contributed by atoms with Gasteiger partial charge in [0.25, 0.3) is 5.91 Å². The van der Waals surface area contributed by atoms with E-state index in [2.05, 4.69) is 24.1 Å². The van der Waals surface area contributed by atoms with Crippen molar-refractivity contribution >= 4 is 27.3 Å². The summed E-state index contributed by atoms with van der Waals surface area (Å²) in [5.74, 6) is -0.263.